The van der Waals surface area contributed by atoms with E-state index in [-0.39, 0.29) is 18.3 Å². The van der Waals surface area contributed by atoms with Crippen molar-refractivity contribution in [3.63, 3.8) is 0 Å². The van der Waals surface area contributed by atoms with Crippen LogP contribution in [0.3, 0.4) is 0 Å². The summed E-state index contributed by atoms with van der Waals surface area (Å²) in [6, 6.07) is 6.59. The second kappa shape index (κ2) is 9.94. The fourth-order valence-electron chi connectivity index (χ4n) is 3.46. The van der Waals surface area contributed by atoms with Gasteiger partial charge in [0.2, 0.25) is 5.91 Å². The minimum absolute atomic E-state index is 0. The first kappa shape index (κ1) is 20.0. The van der Waals surface area contributed by atoms with Crippen molar-refractivity contribution < 1.29 is 4.79 Å². The van der Waals surface area contributed by atoms with Gasteiger partial charge in [0.15, 0.2) is 0 Å². The van der Waals surface area contributed by atoms with Crippen molar-refractivity contribution in [3.8, 4) is 0 Å². The van der Waals surface area contributed by atoms with Gasteiger partial charge in [-0.3, -0.25) is 4.79 Å². The summed E-state index contributed by atoms with van der Waals surface area (Å²) in [6.07, 6.45) is 4.06. The molecule has 2 rings (SSSR count). The highest BCUT2D eigenvalue weighted by molar-refractivity contribution is 5.85. The Bertz CT molecular complexity index is 478. The minimum atomic E-state index is 0. The second-order valence-electron chi connectivity index (χ2n) is 6.88. The molecule has 1 aliphatic heterocycles. The monoisotopic (exact) mass is 338 g/mol. The van der Waals surface area contributed by atoms with Gasteiger partial charge in [-0.25, -0.2) is 0 Å². The molecule has 1 fully saturated rings. The van der Waals surface area contributed by atoms with Crippen LogP contribution in [0.15, 0.2) is 18.2 Å². The molecule has 130 valence electrons. The summed E-state index contributed by atoms with van der Waals surface area (Å²) in [4.78, 5) is 12.1. The van der Waals surface area contributed by atoms with Gasteiger partial charge in [0.05, 0.1) is 0 Å². The molecular weight excluding hydrogens is 308 g/mol. The maximum absolute atomic E-state index is 12.1. The molecule has 1 aromatic carbocycles. The Kier molecular flexibility index (Phi) is 8.64. The average Bonchev–Trinajstić information content (AvgIpc) is 2.47. The van der Waals surface area contributed by atoms with E-state index in [9.17, 15) is 4.79 Å². The zero-order valence-corrected chi connectivity index (χ0v) is 15.5. The van der Waals surface area contributed by atoms with Crippen LogP contribution in [0.4, 0.5) is 0 Å². The maximum Gasteiger partial charge on any atom is 0.220 e. The molecule has 4 heteroatoms. The van der Waals surface area contributed by atoms with E-state index in [1.54, 1.807) is 0 Å². The maximum atomic E-state index is 12.1. The van der Waals surface area contributed by atoms with Gasteiger partial charge in [-0.2, -0.15) is 0 Å². The molecule has 1 saturated heterocycles. The van der Waals surface area contributed by atoms with Gasteiger partial charge in [0, 0.05) is 13.0 Å². The Morgan fingerprint density at radius 3 is 2.61 bits per heavy atom. The summed E-state index contributed by atoms with van der Waals surface area (Å²) in [7, 11) is 0. The number of amides is 1. The Hall–Kier alpha value is -1.06. The van der Waals surface area contributed by atoms with E-state index >= 15 is 0 Å². The number of hydrogen-bond donors (Lipinski definition) is 2. The highest BCUT2D eigenvalue weighted by Gasteiger charge is 2.21. The van der Waals surface area contributed by atoms with Crippen molar-refractivity contribution in [2.24, 2.45) is 11.8 Å². The van der Waals surface area contributed by atoms with Crippen LogP contribution < -0.4 is 10.6 Å². The molecule has 2 N–H and O–H groups in total. The normalized spacial score (nSPS) is 18.8. The van der Waals surface area contributed by atoms with Crippen molar-refractivity contribution in [1.82, 2.24) is 10.6 Å². The quantitative estimate of drug-likeness (QED) is 0.834. The smallest absolute Gasteiger partial charge is 0.220 e. The topological polar surface area (TPSA) is 41.1 Å². The Labute approximate surface area is 147 Å². The van der Waals surface area contributed by atoms with E-state index in [0.29, 0.717) is 18.3 Å². The van der Waals surface area contributed by atoms with E-state index in [1.165, 1.54) is 29.5 Å². The highest BCUT2D eigenvalue weighted by atomic mass is 35.5. The third-order valence-electron chi connectivity index (χ3n) is 4.66. The molecular formula is C19H31ClN2O. The zero-order chi connectivity index (χ0) is 15.9. The van der Waals surface area contributed by atoms with Crippen molar-refractivity contribution in [2.45, 2.75) is 46.5 Å². The lowest BCUT2D eigenvalue weighted by molar-refractivity contribution is -0.122. The fourth-order valence-corrected chi connectivity index (χ4v) is 3.46. The number of hydrogen-bond acceptors (Lipinski definition) is 2. The third kappa shape index (κ3) is 6.92. The van der Waals surface area contributed by atoms with E-state index in [2.05, 4.69) is 49.6 Å². The summed E-state index contributed by atoms with van der Waals surface area (Å²) in [5, 5.41) is 6.51. The molecule has 1 aliphatic rings. The number of carbonyl (C=O) groups excluding carboxylic acids is 1. The zero-order valence-electron chi connectivity index (χ0n) is 14.7. The van der Waals surface area contributed by atoms with Crippen LogP contribution >= 0.6 is 12.4 Å². The standard InChI is InChI=1S/C19H30N2O.ClH/c1-14-9-15(2)11-17(10-14)6-8-21-19(22)12-16(3)18-5-4-7-20-13-18;/h9-11,16,18,20H,4-8,12-13H2,1-3H3,(H,21,22);1H. The molecule has 23 heavy (non-hydrogen) atoms. The van der Waals surface area contributed by atoms with Crippen LogP contribution in [0.5, 0.6) is 0 Å². The fraction of sp³-hybridized carbons (Fsp3) is 0.632. The second-order valence-corrected chi connectivity index (χ2v) is 6.88. The Morgan fingerprint density at radius 1 is 1.30 bits per heavy atom. The summed E-state index contributed by atoms with van der Waals surface area (Å²) in [6.45, 7) is 9.38. The number of halogens is 1. The lowest BCUT2D eigenvalue weighted by Gasteiger charge is -2.28. The molecule has 1 aromatic rings. The van der Waals surface area contributed by atoms with Crippen LogP contribution in [0.25, 0.3) is 0 Å². The largest absolute Gasteiger partial charge is 0.356 e. The van der Waals surface area contributed by atoms with E-state index in [4.69, 9.17) is 0 Å². The molecule has 1 amide bonds. The number of carbonyl (C=O) groups is 1. The van der Waals surface area contributed by atoms with Gasteiger partial charge in [-0.1, -0.05) is 36.2 Å². The number of rotatable bonds is 6. The van der Waals surface area contributed by atoms with Gasteiger partial charge in [-0.15, -0.1) is 12.4 Å². The molecule has 0 aliphatic carbocycles. The third-order valence-corrected chi connectivity index (χ3v) is 4.66. The van der Waals surface area contributed by atoms with E-state index < -0.39 is 0 Å². The van der Waals surface area contributed by atoms with Crippen LogP contribution in [-0.2, 0) is 11.2 Å². The predicted molar refractivity (Wildman–Crippen MR) is 99.3 cm³/mol. The molecule has 0 bridgehead atoms. The molecule has 0 aromatic heterocycles. The van der Waals surface area contributed by atoms with E-state index in [1.807, 2.05) is 0 Å². The number of nitrogens with one attached hydrogen (secondary N) is 2. The SMILES string of the molecule is Cc1cc(C)cc(CCNC(=O)CC(C)C2CCCNC2)c1.Cl. The molecule has 1 heterocycles. The lowest BCUT2D eigenvalue weighted by atomic mass is 9.85. The van der Waals surface area contributed by atoms with Gasteiger partial charge in [0.25, 0.3) is 0 Å². The molecule has 2 atom stereocenters. The van der Waals surface area contributed by atoms with Gasteiger partial charge >= 0.3 is 0 Å². The van der Waals surface area contributed by atoms with Crippen molar-refractivity contribution in [1.29, 1.82) is 0 Å². The van der Waals surface area contributed by atoms with Gasteiger partial charge in [-0.05, 0) is 63.6 Å². The lowest BCUT2D eigenvalue weighted by Crippen LogP contribution is -2.36. The van der Waals surface area contributed by atoms with Crippen LogP contribution in [0.2, 0.25) is 0 Å². The molecule has 0 saturated carbocycles. The van der Waals surface area contributed by atoms with Crippen LogP contribution in [-0.4, -0.2) is 25.5 Å². The minimum Gasteiger partial charge on any atom is -0.356 e. The first-order chi connectivity index (χ1) is 10.5. The summed E-state index contributed by atoms with van der Waals surface area (Å²) in [5.41, 5.74) is 3.89. The first-order valence-corrected chi connectivity index (χ1v) is 8.59. The van der Waals surface area contributed by atoms with Crippen molar-refractivity contribution >= 4 is 18.3 Å². The molecule has 0 radical (unpaired) electrons. The Morgan fingerprint density at radius 2 is 2.00 bits per heavy atom. The number of aryl methyl sites for hydroxylation is 2. The molecule has 3 nitrogen and oxygen atoms in total. The van der Waals surface area contributed by atoms with Crippen LogP contribution in [0.1, 0.15) is 42.9 Å². The van der Waals surface area contributed by atoms with Gasteiger partial charge < -0.3 is 10.6 Å². The van der Waals surface area contributed by atoms with Gasteiger partial charge in [0.1, 0.15) is 0 Å². The predicted octanol–water partition coefficient (Wildman–Crippen LogP) is 3.41. The average molecular weight is 339 g/mol. The number of benzene rings is 1. The first-order valence-electron chi connectivity index (χ1n) is 8.59. The number of piperidine rings is 1. The molecule has 2 unspecified atom stereocenters. The summed E-state index contributed by atoms with van der Waals surface area (Å²) in [5.74, 6) is 1.32. The summed E-state index contributed by atoms with van der Waals surface area (Å²) >= 11 is 0. The Balaban J connectivity index is 0.00000264. The van der Waals surface area contributed by atoms with E-state index in [0.717, 1.165) is 26.1 Å². The van der Waals surface area contributed by atoms with Crippen molar-refractivity contribution in [2.75, 3.05) is 19.6 Å². The highest BCUT2D eigenvalue weighted by Crippen LogP contribution is 2.22. The summed E-state index contributed by atoms with van der Waals surface area (Å²) < 4.78 is 0. The molecule has 0 spiro atoms. The van der Waals surface area contributed by atoms with Crippen molar-refractivity contribution in [3.05, 3.63) is 34.9 Å². The van der Waals surface area contributed by atoms with Crippen LogP contribution in [0, 0.1) is 25.7 Å².